The average molecular weight is 523 g/mol. The van der Waals surface area contributed by atoms with Crippen LogP contribution in [0.1, 0.15) is 207 Å². The lowest BCUT2D eigenvalue weighted by Gasteiger charge is -2.20. The Labute approximate surface area is 234 Å². The van der Waals surface area contributed by atoms with Crippen molar-refractivity contribution in [2.24, 2.45) is 11.8 Å². The molecule has 0 aromatic heterocycles. The van der Waals surface area contributed by atoms with Crippen LogP contribution in [0.25, 0.3) is 0 Å². The van der Waals surface area contributed by atoms with E-state index >= 15 is 0 Å². The number of hydrogen-bond acceptors (Lipinski definition) is 1. The van der Waals surface area contributed by atoms with Gasteiger partial charge in [-0.1, -0.05) is 194 Å². The minimum Gasteiger partial charge on any atom is -0.481 e. The third-order valence-corrected chi connectivity index (χ3v) is 8.64. The van der Waals surface area contributed by atoms with E-state index in [1.165, 1.54) is 167 Å². The predicted molar refractivity (Wildman–Crippen MR) is 166 cm³/mol. The van der Waals surface area contributed by atoms with Crippen LogP contribution in [0, 0.1) is 11.8 Å². The molecule has 0 amide bonds. The Morgan fingerprint density at radius 3 is 0.946 bits per heavy atom. The average Bonchev–Trinajstić information content (AvgIpc) is 2.88. The van der Waals surface area contributed by atoms with E-state index in [2.05, 4.69) is 20.8 Å². The molecule has 0 saturated heterocycles. The van der Waals surface area contributed by atoms with Crippen molar-refractivity contribution in [2.75, 3.05) is 0 Å². The summed E-state index contributed by atoms with van der Waals surface area (Å²) in [5.74, 6) is -0.362. The van der Waals surface area contributed by atoms with Crippen molar-refractivity contribution in [2.45, 2.75) is 207 Å². The highest BCUT2D eigenvalue weighted by Crippen LogP contribution is 2.25. The molecule has 0 fully saturated rings. The van der Waals surface area contributed by atoms with Crippen molar-refractivity contribution in [1.29, 1.82) is 0 Å². The van der Waals surface area contributed by atoms with Gasteiger partial charge in [0, 0.05) is 0 Å². The lowest BCUT2D eigenvalue weighted by molar-refractivity contribution is -0.143. The molecular formula is C35H70O2. The SMILES string of the molecule is CCCCCCCCCCCCCCCCC(C(=O)O)C(C)CCCCCCCCCCCCCCC. The molecule has 222 valence electrons. The zero-order valence-corrected chi connectivity index (χ0v) is 26.0. The molecule has 0 spiro atoms. The maximum Gasteiger partial charge on any atom is 0.306 e. The maximum absolute atomic E-state index is 11.8. The van der Waals surface area contributed by atoms with Crippen LogP contribution in [-0.2, 0) is 4.79 Å². The van der Waals surface area contributed by atoms with Gasteiger partial charge in [-0.2, -0.15) is 0 Å². The number of carboxylic acid groups (broad SMARTS) is 1. The van der Waals surface area contributed by atoms with Crippen LogP contribution in [-0.4, -0.2) is 11.1 Å². The molecule has 2 atom stereocenters. The summed E-state index contributed by atoms with van der Waals surface area (Å²) in [5.41, 5.74) is 0. The van der Waals surface area contributed by atoms with Crippen molar-refractivity contribution < 1.29 is 9.90 Å². The third-order valence-electron chi connectivity index (χ3n) is 8.64. The Kier molecular flexibility index (Phi) is 29.6. The van der Waals surface area contributed by atoms with Crippen molar-refractivity contribution in [3.05, 3.63) is 0 Å². The van der Waals surface area contributed by atoms with Gasteiger partial charge in [-0.05, 0) is 18.8 Å². The predicted octanol–water partition coefficient (Wildman–Crippen LogP) is 12.7. The van der Waals surface area contributed by atoms with Crippen molar-refractivity contribution in [3.63, 3.8) is 0 Å². The molecule has 37 heavy (non-hydrogen) atoms. The molecular weight excluding hydrogens is 452 g/mol. The topological polar surface area (TPSA) is 37.3 Å². The van der Waals surface area contributed by atoms with Crippen LogP contribution in [0.2, 0.25) is 0 Å². The number of rotatable bonds is 31. The summed E-state index contributed by atoms with van der Waals surface area (Å²) in [7, 11) is 0. The highest BCUT2D eigenvalue weighted by molar-refractivity contribution is 5.70. The Bertz CT molecular complexity index is 447. The summed E-state index contributed by atoms with van der Waals surface area (Å²) < 4.78 is 0. The van der Waals surface area contributed by atoms with E-state index in [1.807, 2.05) is 0 Å². The second-order valence-corrected chi connectivity index (χ2v) is 12.3. The summed E-state index contributed by atoms with van der Waals surface area (Å²) in [5, 5.41) is 9.75. The molecule has 0 aliphatic carbocycles. The first-order chi connectivity index (χ1) is 18.1. The van der Waals surface area contributed by atoms with Crippen LogP contribution in [0.3, 0.4) is 0 Å². The number of unbranched alkanes of at least 4 members (excludes halogenated alkanes) is 25. The van der Waals surface area contributed by atoms with E-state index in [9.17, 15) is 9.90 Å². The molecule has 2 nitrogen and oxygen atoms in total. The molecule has 2 unspecified atom stereocenters. The minimum absolute atomic E-state index is 0.130. The van der Waals surface area contributed by atoms with Gasteiger partial charge in [0.15, 0.2) is 0 Å². The number of carbonyl (C=O) groups is 1. The van der Waals surface area contributed by atoms with Crippen LogP contribution in [0.5, 0.6) is 0 Å². The molecule has 0 heterocycles. The fourth-order valence-electron chi connectivity index (χ4n) is 5.90. The summed E-state index contributed by atoms with van der Waals surface area (Å²) in [6, 6.07) is 0. The Morgan fingerprint density at radius 1 is 0.432 bits per heavy atom. The monoisotopic (exact) mass is 523 g/mol. The van der Waals surface area contributed by atoms with E-state index in [0.29, 0.717) is 5.92 Å². The quantitative estimate of drug-likeness (QED) is 0.0919. The Morgan fingerprint density at radius 2 is 0.676 bits per heavy atom. The molecule has 2 heteroatoms. The lowest BCUT2D eigenvalue weighted by atomic mass is 9.85. The van der Waals surface area contributed by atoms with E-state index in [-0.39, 0.29) is 5.92 Å². The molecule has 0 aromatic carbocycles. The first kappa shape index (κ1) is 36.5. The summed E-state index contributed by atoms with van der Waals surface area (Å²) in [6.45, 7) is 6.75. The van der Waals surface area contributed by atoms with Gasteiger partial charge in [-0.3, -0.25) is 4.79 Å². The number of aliphatic carboxylic acids is 1. The zero-order valence-electron chi connectivity index (χ0n) is 26.0. The van der Waals surface area contributed by atoms with Gasteiger partial charge in [0.2, 0.25) is 0 Å². The second kappa shape index (κ2) is 30.0. The first-order valence-corrected chi connectivity index (χ1v) is 17.4. The van der Waals surface area contributed by atoms with Gasteiger partial charge >= 0.3 is 5.97 Å². The molecule has 1 N–H and O–H groups in total. The molecule has 0 radical (unpaired) electrons. The Hall–Kier alpha value is -0.530. The van der Waals surface area contributed by atoms with Crippen LogP contribution in [0.4, 0.5) is 0 Å². The zero-order chi connectivity index (χ0) is 27.2. The smallest absolute Gasteiger partial charge is 0.306 e. The van der Waals surface area contributed by atoms with Gasteiger partial charge in [0.25, 0.3) is 0 Å². The highest BCUT2D eigenvalue weighted by atomic mass is 16.4. The summed E-state index contributed by atoms with van der Waals surface area (Å²) in [6.07, 6.45) is 38.9. The third kappa shape index (κ3) is 26.8. The number of hydrogen-bond donors (Lipinski definition) is 1. The second-order valence-electron chi connectivity index (χ2n) is 12.3. The maximum atomic E-state index is 11.8. The van der Waals surface area contributed by atoms with Gasteiger partial charge in [0.1, 0.15) is 0 Å². The van der Waals surface area contributed by atoms with Crippen molar-refractivity contribution >= 4 is 5.97 Å². The van der Waals surface area contributed by atoms with Crippen molar-refractivity contribution in [1.82, 2.24) is 0 Å². The van der Waals surface area contributed by atoms with E-state index < -0.39 is 5.97 Å². The number of carboxylic acids is 1. The van der Waals surface area contributed by atoms with E-state index in [0.717, 1.165) is 19.3 Å². The molecule has 0 aliphatic heterocycles. The van der Waals surface area contributed by atoms with Crippen molar-refractivity contribution in [3.8, 4) is 0 Å². The summed E-state index contributed by atoms with van der Waals surface area (Å²) >= 11 is 0. The molecule has 0 aliphatic rings. The minimum atomic E-state index is -0.558. The van der Waals surface area contributed by atoms with E-state index in [1.54, 1.807) is 0 Å². The molecule has 0 rings (SSSR count). The lowest BCUT2D eigenvalue weighted by Crippen LogP contribution is -2.21. The summed E-state index contributed by atoms with van der Waals surface area (Å²) in [4.78, 5) is 11.8. The Balaban J connectivity index is 3.54. The van der Waals surface area contributed by atoms with E-state index in [4.69, 9.17) is 0 Å². The molecule has 0 saturated carbocycles. The normalized spacial score (nSPS) is 13.2. The van der Waals surface area contributed by atoms with Crippen LogP contribution in [0.15, 0.2) is 0 Å². The van der Waals surface area contributed by atoms with Gasteiger partial charge in [-0.15, -0.1) is 0 Å². The van der Waals surface area contributed by atoms with Gasteiger partial charge in [-0.25, -0.2) is 0 Å². The molecule has 0 bridgehead atoms. The molecule has 0 aromatic rings. The fourth-order valence-corrected chi connectivity index (χ4v) is 5.90. The van der Waals surface area contributed by atoms with Gasteiger partial charge in [0.05, 0.1) is 5.92 Å². The fraction of sp³-hybridized carbons (Fsp3) is 0.971. The first-order valence-electron chi connectivity index (χ1n) is 17.4. The van der Waals surface area contributed by atoms with Crippen LogP contribution >= 0.6 is 0 Å². The van der Waals surface area contributed by atoms with Crippen LogP contribution < -0.4 is 0 Å². The standard InChI is InChI=1S/C35H70O2/c1-4-6-8-10-12-14-16-18-20-22-24-26-28-30-32-34(35(36)37)33(3)31-29-27-25-23-21-19-17-15-13-11-9-7-5-2/h33-34H,4-32H2,1-3H3,(H,36,37). The largest absolute Gasteiger partial charge is 0.481 e. The highest BCUT2D eigenvalue weighted by Gasteiger charge is 2.23. The van der Waals surface area contributed by atoms with Gasteiger partial charge < -0.3 is 5.11 Å².